The Morgan fingerprint density at radius 2 is 1.83 bits per heavy atom. The number of hydrogen-bond acceptors (Lipinski definition) is 2. The normalized spacial score (nSPS) is 11.4. The summed E-state index contributed by atoms with van der Waals surface area (Å²) in [5.74, 6) is 0.247. The van der Waals surface area contributed by atoms with Gasteiger partial charge in [-0.15, -0.1) is 0 Å². The van der Waals surface area contributed by atoms with Gasteiger partial charge in [-0.1, -0.05) is 45.2 Å². The van der Waals surface area contributed by atoms with E-state index in [9.17, 15) is 4.39 Å². The predicted molar refractivity (Wildman–Crippen MR) is 103 cm³/mol. The predicted octanol–water partition coefficient (Wildman–Crippen LogP) is 3.71. The summed E-state index contributed by atoms with van der Waals surface area (Å²) in [7, 11) is 0. The quantitative estimate of drug-likeness (QED) is 0.441. The van der Waals surface area contributed by atoms with E-state index in [-0.39, 0.29) is 10.9 Å². The lowest BCUT2D eigenvalue weighted by atomic mass is 9.99. The second-order valence-corrected chi connectivity index (χ2v) is 6.13. The first-order valence-electron chi connectivity index (χ1n) is 7.92. The molecule has 4 nitrogen and oxygen atoms in total. The number of rotatable bonds is 7. The van der Waals surface area contributed by atoms with Crippen LogP contribution in [0.15, 0.2) is 24.3 Å². The largest absolute Gasteiger partial charge is 0.361 e. The lowest BCUT2D eigenvalue weighted by Crippen LogP contribution is -2.49. The third kappa shape index (κ3) is 8.08. The van der Waals surface area contributed by atoms with Crippen LogP contribution >= 0.6 is 24.4 Å². The molecule has 0 radical (unpaired) electrons. The van der Waals surface area contributed by atoms with E-state index in [1.165, 1.54) is 25.3 Å². The van der Waals surface area contributed by atoms with Gasteiger partial charge in [0.25, 0.3) is 0 Å². The van der Waals surface area contributed by atoms with Crippen LogP contribution < -0.4 is 21.5 Å². The van der Waals surface area contributed by atoms with Crippen LogP contribution in [-0.2, 0) is 0 Å². The lowest BCUT2D eigenvalue weighted by Gasteiger charge is -2.18. The summed E-state index contributed by atoms with van der Waals surface area (Å²) in [6, 6.07) is 6.33. The first kappa shape index (κ1) is 19.6. The van der Waals surface area contributed by atoms with Crippen LogP contribution in [0.5, 0.6) is 0 Å². The van der Waals surface area contributed by atoms with Crippen molar-refractivity contribution in [3.8, 4) is 0 Å². The number of benzene rings is 1. The molecule has 128 valence electrons. The SMILES string of the molecule is CCCC[C@@H](CC)CNC(=S)NNC(=S)Nc1ccccc1F. The average molecular weight is 357 g/mol. The second-order valence-electron chi connectivity index (χ2n) is 5.31. The minimum Gasteiger partial charge on any atom is -0.361 e. The first-order chi connectivity index (χ1) is 11.1. The molecule has 4 N–H and O–H groups in total. The number of para-hydroxylation sites is 1. The minimum atomic E-state index is -0.362. The van der Waals surface area contributed by atoms with E-state index >= 15 is 0 Å². The molecule has 0 fully saturated rings. The molecule has 1 aromatic carbocycles. The van der Waals surface area contributed by atoms with E-state index in [0.29, 0.717) is 16.7 Å². The van der Waals surface area contributed by atoms with Crippen LogP contribution in [0.4, 0.5) is 10.1 Å². The Kier molecular flexibility index (Phi) is 9.47. The number of anilines is 1. The Balaban J connectivity index is 2.27. The van der Waals surface area contributed by atoms with E-state index in [4.69, 9.17) is 24.4 Å². The van der Waals surface area contributed by atoms with Gasteiger partial charge in [0.2, 0.25) is 0 Å². The maximum atomic E-state index is 13.5. The molecule has 1 aromatic rings. The number of halogens is 1. The molecule has 0 aliphatic rings. The highest BCUT2D eigenvalue weighted by Crippen LogP contribution is 2.12. The molecule has 1 rings (SSSR count). The molecule has 0 saturated heterocycles. The van der Waals surface area contributed by atoms with Crippen molar-refractivity contribution < 1.29 is 4.39 Å². The second kappa shape index (κ2) is 11.1. The monoisotopic (exact) mass is 356 g/mol. The van der Waals surface area contributed by atoms with Crippen molar-refractivity contribution in [1.29, 1.82) is 0 Å². The van der Waals surface area contributed by atoms with Crippen molar-refractivity contribution in [3.05, 3.63) is 30.1 Å². The molecule has 0 aliphatic heterocycles. The van der Waals surface area contributed by atoms with Gasteiger partial charge in [0.15, 0.2) is 10.2 Å². The van der Waals surface area contributed by atoms with Gasteiger partial charge in [0.05, 0.1) is 5.69 Å². The van der Waals surface area contributed by atoms with Crippen LogP contribution in [0.3, 0.4) is 0 Å². The van der Waals surface area contributed by atoms with Gasteiger partial charge in [0.1, 0.15) is 5.82 Å². The van der Waals surface area contributed by atoms with E-state index < -0.39 is 0 Å². The highest BCUT2D eigenvalue weighted by molar-refractivity contribution is 7.80. The number of nitrogens with one attached hydrogen (secondary N) is 4. The Morgan fingerprint density at radius 3 is 2.48 bits per heavy atom. The third-order valence-corrected chi connectivity index (χ3v) is 3.96. The summed E-state index contributed by atoms with van der Waals surface area (Å²) in [5, 5.41) is 6.65. The van der Waals surface area contributed by atoms with Gasteiger partial charge in [-0.25, -0.2) is 4.39 Å². The fourth-order valence-electron chi connectivity index (χ4n) is 2.05. The van der Waals surface area contributed by atoms with Crippen molar-refractivity contribution in [3.63, 3.8) is 0 Å². The van der Waals surface area contributed by atoms with Crippen LogP contribution in [0.2, 0.25) is 0 Å². The highest BCUT2D eigenvalue weighted by atomic mass is 32.1. The Bertz CT molecular complexity index is 511. The smallest absolute Gasteiger partial charge is 0.189 e. The summed E-state index contributed by atoms with van der Waals surface area (Å²) in [5.41, 5.74) is 5.86. The van der Waals surface area contributed by atoms with Crippen molar-refractivity contribution in [1.82, 2.24) is 16.2 Å². The number of unbranched alkanes of at least 4 members (excludes halogenated alkanes) is 1. The van der Waals surface area contributed by atoms with Gasteiger partial charge < -0.3 is 10.6 Å². The Hall–Kier alpha value is -1.47. The van der Waals surface area contributed by atoms with E-state index in [1.807, 2.05) is 0 Å². The van der Waals surface area contributed by atoms with E-state index in [2.05, 4.69) is 35.3 Å². The van der Waals surface area contributed by atoms with Gasteiger partial charge in [-0.3, -0.25) is 10.9 Å². The van der Waals surface area contributed by atoms with Crippen LogP contribution in [-0.4, -0.2) is 16.8 Å². The number of hydrazine groups is 1. The summed E-state index contributed by atoms with van der Waals surface area (Å²) in [6.07, 6.45) is 4.76. The summed E-state index contributed by atoms with van der Waals surface area (Å²) in [6.45, 7) is 5.21. The fourth-order valence-corrected chi connectivity index (χ4v) is 2.35. The first-order valence-corrected chi connectivity index (χ1v) is 8.73. The van der Waals surface area contributed by atoms with Gasteiger partial charge >= 0.3 is 0 Å². The van der Waals surface area contributed by atoms with Crippen molar-refractivity contribution in [2.45, 2.75) is 39.5 Å². The Labute approximate surface area is 148 Å². The fraction of sp³-hybridized carbons (Fsp3) is 0.500. The van der Waals surface area contributed by atoms with Crippen molar-refractivity contribution >= 4 is 40.3 Å². The maximum Gasteiger partial charge on any atom is 0.189 e. The molecule has 0 heterocycles. The Morgan fingerprint density at radius 1 is 1.13 bits per heavy atom. The third-order valence-electron chi connectivity index (χ3n) is 3.51. The molecule has 0 amide bonds. The van der Waals surface area contributed by atoms with Crippen LogP contribution in [0.25, 0.3) is 0 Å². The molecule has 0 aromatic heterocycles. The summed E-state index contributed by atoms with van der Waals surface area (Å²) in [4.78, 5) is 0. The van der Waals surface area contributed by atoms with E-state index in [0.717, 1.165) is 13.0 Å². The maximum absolute atomic E-state index is 13.5. The topological polar surface area (TPSA) is 48.1 Å². The molecular weight excluding hydrogens is 331 g/mol. The molecule has 0 spiro atoms. The molecule has 1 atom stereocenters. The highest BCUT2D eigenvalue weighted by Gasteiger charge is 2.07. The summed E-state index contributed by atoms with van der Waals surface area (Å²) < 4.78 is 13.5. The van der Waals surface area contributed by atoms with E-state index in [1.54, 1.807) is 18.2 Å². The zero-order valence-corrected chi connectivity index (χ0v) is 15.2. The average Bonchev–Trinajstić information content (AvgIpc) is 2.55. The lowest BCUT2D eigenvalue weighted by molar-refractivity contribution is 0.444. The van der Waals surface area contributed by atoms with Crippen LogP contribution in [0.1, 0.15) is 39.5 Å². The summed E-state index contributed by atoms with van der Waals surface area (Å²) >= 11 is 10.3. The number of hydrogen-bond donors (Lipinski definition) is 4. The number of thiocarbonyl (C=S) groups is 2. The zero-order chi connectivity index (χ0) is 17.1. The van der Waals surface area contributed by atoms with Gasteiger partial charge in [-0.05, 0) is 48.9 Å². The zero-order valence-electron chi connectivity index (χ0n) is 13.6. The van der Waals surface area contributed by atoms with Crippen molar-refractivity contribution in [2.75, 3.05) is 11.9 Å². The van der Waals surface area contributed by atoms with Gasteiger partial charge in [-0.2, -0.15) is 0 Å². The molecule has 0 aliphatic carbocycles. The van der Waals surface area contributed by atoms with Gasteiger partial charge in [0, 0.05) is 6.54 Å². The molecular formula is C16H25FN4S2. The van der Waals surface area contributed by atoms with Crippen LogP contribution in [0, 0.1) is 11.7 Å². The molecule has 23 heavy (non-hydrogen) atoms. The molecule has 0 saturated carbocycles. The minimum absolute atomic E-state index is 0.247. The molecule has 0 bridgehead atoms. The standard InChI is InChI=1S/C16H25FN4S2/c1-3-5-8-12(4-2)11-18-15(22)20-21-16(23)19-14-10-7-6-9-13(14)17/h6-7,9-10,12H,3-5,8,11H2,1-2H3,(H2,18,20,22)(H2,19,21,23)/t12-/m1/s1. The molecule has 0 unspecified atom stereocenters. The molecule has 7 heteroatoms. The van der Waals surface area contributed by atoms with Crippen molar-refractivity contribution in [2.24, 2.45) is 5.92 Å².